The Balaban J connectivity index is 2.59. The Hall–Kier alpha value is 0.790. The van der Waals surface area contributed by atoms with Crippen molar-refractivity contribution in [3.05, 3.63) is 0 Å². The quantitative estimate of drug-likeness (QED) is 0.551. The van der Waals surface area contributed by atoms with E-state index in [1.807, 2.05) is 0 Å². The van der Waals surface area contributed by atoms with E-state index in [0.717, 1.165) is 0 Å². The van der Waals surface area contributed by atoms with Gasteiger partial charge in [0.15, 0.2) is 0 Å². The molecule has 0 saturated carbocycles. The summed E-state index contributed by atoms with van der Waals surface area (Å²) in [6.07, 6.45) is 0. The van der Waals surface area contributed by atoms with Crippen LogP contribution in [0, 0.1) is 0 Å². The molecule has 0 aromatic rings. The van der Waals surface area contributed by atoms with Crippen molar-refractivity contribution in [3.63, 3.8) is 0 Å². The summed E-state index contributed by atoms with van der Waals surface area (Å²) in [7, 11) is 0. The number of aliphatic hydroxyl groups is 1. The molecule has 1 aliphatic rings. The topological polar surface area (TPSA) is 32.3 Å². The Labute approximate surface area is 68.1 Å². The van der Waals surface area contributed by atoms with E-state index in [0.29, 0.717) is 13.1 Å². The lowest BCUT2D eigenvalue weighted by atomic mass is 10.00. The van der Waals surface area contributed by atoms with Crippen molar-refractivity contribution >= 4 is 34.8 Å². The molecule has 1 aliphatic heterocycles. The molecule has 1 heterocycles. The third-order valence-electron chi connectivity index (χ3n) is 1.36. The predicted octanol–water partition coefficient (Wildman–Crippen LogP) is 0.691. The molecule has 2 nitrogen and oxygen atoms in total. The van der Waals surface area contributed by atoms with E-state index in [9.17, 15) is 5.11 Å². The molecule has 1 fully saturated rings. The normalized spacial score (nSPS) is 25.3. The number of β-amino-alcohol motifs (C(OH)–C–C–N with tert-alkyl or cyclic N) is 1. The van der Waals surface area contributed by atoms with Crippen LogP contribution in [0.25, 0.3) is 0 Å². The lowest BCUT2D eigenvalue weighted by Gasteiger charge is -2.42. The fraction of sp³-hybridized carbons (Fsp3) is 1.00. The molecule has 0 amide bonds. The molecular formula is C4H6Cl3NO. The van der Waals surface area contributed by atoms with Crippen LogP contribution < -0.4 is 5.32 Å². The molecule has 1 saturated heterocycles. The first-order valence-electron chi connectivity index (χ1n) is 2.45. The van der Waals surface area contributed by atoms with Crippen molar-refractivity contribution in [1.82, 2.24) is 5.32 Å². The molecule has 0 aromatic heterocycles. The first kappa shape index (κ1) is 7.89. The van der Waals surface area contributed by atoms with Gasteiger partial charge in [0.25, 0.3) is 0 Å². The molecule has 0 aromatic carbocycles. The van der Waals surface area contributed by atoms with Crippen LogP contribution >= 0.6 is 34.8 Å². The molecule has 2 N–H and O–H groups in total. The van der Waals surface area contributed by atoms with Gasteiger partial charge in [-0.1, -0.05) is 34.8 Å². The Morgan fingerprint density at radius 1 is 1.33 bits per heavy atom. The number of hydrogen-bond acceptors (Lipinski definition) is 2. The molecule has 0 unspecified atom stereocenters. The molecule has 0 aliphatic carbocycles. The van der Waals surface area contributed by atoms with Crippen LogP contribution in [0.1, 0.15) is 0 Å². The summed E-state index contributed by atoms with van der Waals surface area (Å²) in [4.78, 5) is 0. The number of halogens is 3. The van der Waals surface area contributed by atoms with Gasteiger partial charge in [0.2, 0.25) is 3.79 Å². The van der Waals surface area contributed by atoms with E-state index in [4.69, 9.17) is 34.8 Å². The Morgan fingerprint density at radius 2 is 1.78 bits per heavy atom. The van der Waals surface area contributed by atoms with Crippen LogP contribution in [-0.2, 0) is 0 Å². The summed E-state index contributed by atoms with van der Waals surface area (Å²) in [6, 6.07) is 0. The SMILES string of the molecule is OC1(C(Cl)(Cl)Cl)CNC1. The second kappa shape index (κ2) is 2.14. The van der Waals surface area contributed by atoms with E-state index in [1.54, 1.807) is 0 Å². The summed E-state index contributed by atoms with van der Waals surface area (Å²) in [6.45, 7) is 0.701. The predicted molar refractivity (Wildman–Crippen MR) is 38.1 cm³/mol. The van der Waals surface area contributed by atoms with Gasteiger partial charge in [-0.2, -0.15) is 0 Å². The fourth-order valence-electron chi connectivity index (χ4n) is 0.562. The van der Waals surface area contributed by atoms with Crippen molar-refractivity contribution in [2.75, 3.05) is 13.1 Å². The molecule has 9 heavy (non-hydrogen) atoms. The van der Waals surface area contributed by atoms with E-state index < -0.39 is 9.39 Å². The average Bonchev–Trinajstić information content (AvgIpc) is 1.57. The highest BCUT2D eigenvalue weighted by Crippen LogP contribution is 2.40. The maximum absolute atomic E-state index is 9.29. The van der Waals surface area contributed by atoms with E-state index in [1.165, 1.54) is 0 Å². The summed E-state index contributed by atoms with van der Waals surface area (Å²) in [5, 5.41) is 12.1. The van der Waals surface area contributed by atoms with E-state index in [-0.39, 0.29) is 0 Å². The van der Waals surface area contributed by atoms with Crippen LogP contribution in [0.2, 0.25) is 0 Å². The molecule has 0 bridgehead atoms. The van der Waals surface area contributed by atoms with E-state index >= 15 is 0 Å². The number of alkyl halides is 3. The summed E-state index contributed by atoms with van der Waals surface area (Å²) >= 11 is 16.3. The van der Waals surface area contributed by atoms with Crippen LogP contribution in [0.4, 0.5) is 0 Å². The van der Waals surface area contributed by atoms with Gasteiger partial charge in [0.05, 0.1) is 0 Å². The van der Waals surface area contributed by atoms with Crippen molar-refractivity contribution in [1.29, 1.82) is 0 Å². The summed E-state index contributed by atoms with van der Waals surface area (Å²) in [5.41, 5.74) is -1.16. The zero-order valence-electron chi connectivity index (χ0n) is 4.50. The zero-order chi connectivity index (χ0) is 7.12. The van der Waals surface area contributed by atoms with Crippen LogP contribution in [-0.4, -0.2) is 27.6 Å². The minimum atomic E-state index is -1.56. The van der Waals surface area contributed by atoms with Gasteiger partial charge >= 0.3 is 0 Å². The number of rotatable bonds is 0. The summed E-state index contributed by atoms with van der Waals surface area (Å²) < 4.78 is -1.56. The molecule has 1 rings (SSSR count). The number of hydrogen-bond donors (Lipinski definition) is 2. The maximum atomic E-state index is 9.29. The number of nitrogens with one attached hydrogen (secondary N) is 1. The van der Waals surface area contributed by atoms with Gasteiger partial charge in [-0.25, -0.2) is 0 Å². The van der Waals surface area contributed by atoms with Crippen molar-refractivity contribution in [2.24, 2.45) is 0 Å². The fourth-order valence-corrected chi connectivity index (χ4v) is 0.963. The average molecular weight is 190 g/mol. The minimum absolute atomic E-state index is 0.351. The lowest BCUT2D eigenvalue weighted by Crippen LogP contribution is -2.66. The Morgan fingerprint density at radius 3 is 1.78 bits per heavy atom. The van der Waals surface area contributed by atoms with Gasteiger partial charge in [-0.05, 0) is 0 Å². The van der Waals surface area contributed by atoms with Gasteiger partial charge < -0.3 is 10.4 Å². The molecule has 5 heteroatoms. The molecule has 0 atom stereocenters. The van der Waals surface area contributed by atoms with Crippen molar-refractivity contribution in [2.45, 2.75) is 9.39 Å². The first-order chi connectivity index (χ1) is 3.96. The molecule has 54 valence electrons. The van der Waals surface area contributed by atoms with Crippen molar-refractivity contribution < 1.29 is 5.11 Å². The van der Waals surface area contributed by atoms with Crippen LogP contribution in [0.5, 0.6) is 0 Å². The maximum Gasteiger partial charge on any atom is 0.221 e. The third-order valence-corrected chi connectivity index (χ3v) is 2.42. The smallest absolute Gasteiger partial charge is 0.221 e. The first-order valence-corrected chi connectivity index (χ1v) is 3.59. The van der Waals surface area contributed by atoms with Crippen LogP contribution in [0.15, 0.2) is 0 Å². The molecular weight excluding hydrogens is 184 g/mol. The second-order valence-electron chi connectivity index (χ2n) is 2.13. The molecule has 0 radical (unpaired) electrons. The highest BCUT2D eigenvalue weighted by atomic mass is 35.6. The highest BCUT2D eigenvalue weighted by molar-refractivity contribution is 6.68. The molecule has 0 spiro atoms. The van der Waals surface area contributed by atoms with Crippen molar-refractivity contribution in [3.8, 4) is 0 Å². The monoisotopic (exact) mass is 189 g/mol. The highest BCUT2D eigenvalue weighted by Gasteiger charge is 2.51. The lowest BCUT2D eigenvalue weighted by molar-refractivity contribution is -0.00587. The van der Waals surface area contributed by atoms with Gasteiger partial charge in [-0.15, -0.1) is 0 Å². The van der Waals surface area contributed by atoms with E-state index in [2.05, 4.69) is 5.32 Å². The van der Waals surface area contributed by atoms with Gasteiger partial charge in [0.1, 0.15) is 5.60 Å². The Bertz CT molecular complexity index is 117. The summed E-state index contributed by atoms with van der Waals surface area (Å²) in [5.74, 6) is 0. The standard InChI is InChI=1S/C4H6Cl3NO/c5-4(6,7)3(9)1-8-2-3/h8-9H,1-2H2. The largest absolute Gasteiger partial charge is 0.383 e. The third kappa shape index (κ3) is 1.28. The Kier molecular flexibility index (Phi) is 1.88. The second-order valence-corrected chi connectivity index (χ2v) is 4.41. The van der Waals surface area contributed by atoms with Gasteiger partial charge in [0, 0.05) is 13.1 Å². The van der Waals surface area contributed by atoms with Crippen LogP contribution in [0.3, 0.4) is 0 Å². The zero-order valence-corrected chi connectivity index (χ0v) is 6.76. The van der Waals surface area contributed by atoms with Gasteiger partial charge in [-0.3, -0.25) is 0 Å². The minimum Gasteiger partial charge on any atom is -0.383 e.